The molecule has 0 unspecified atom stereocenters. The first kappa shape index (κ1) is 25.5. The van der Waals surface area contributed by atoms with Crippen molar-refractivity contribution in [2.75, 3.05) is 12.4 Å². The molecule has 3 aromatic heterocycles. The van der Waals surface area contributed by atoms with Gasteiger partial charge in [-0.15, -0.1) is 0 Å². The number of carbonyl (C=O) groups excluding carboxylic acids is 2. The molecule has 37 heavy (non-hydrogen) atoms. The van der Waals surface area contributed by atoms with Gasteiger partial charge in [0.05, 0.1) is 18.3 Å². The lowest BCUT2D eigenvalue weighted by Crippen LogP contribution is -2.37. The minimum Gasteiger partial charge on any atom is -0.320 e. The van der Waals surface area contributed by atoms with Crippen LogP contribution in [0.5, 0.6) is 0 Å². The third kappa shape index (κ3) is 5.81. The summed E-state index contributed by atoms with van der Waals surface area (Å²) < 4.78 is 28.5. The lowest BCUT2D eigenvalue weighted by atomic mass is 10.0. The van der Waals surface area contributed by atoms with Gasteiger partial charge in [-0.05, 0) is 68.1 Å². The van der Waals surface area contributed by atoms with E-state index in [1.54, 1.807) is 32.2 Å². The Morgan fingerprint density at radius 2 is 1.76 bits per heavy atom. The van der Waals surface area contributed by atoms with E-state index >= 15 is 0 Å². The van der Waals surface area contributed by atoms with Gasteiger partial charge in [0.1, 0.15) is 11.5 Å². The molecule has 0 spiro atoms. The summed E-state index contributed by atoms with van der Waals surface area (Å²) in [5, 5.41) is 5.42. The maximum Gasteiger partial charge on any atom is 0.275 e. The number of anilines is 1. The van der Waals surface area contributed by atoms with Crippen LogP contribution < -0.4 is 16.2 Å². The highest BCUT2D eigenvalue weighted by atomic mass is 19.1. The molecule has 3 heterocycles. The monoisotopic (exact) mass is 503 g/mol. The van der Waals surface area contributed by atoms with Gasteiger partial charge in [0.25, 0.3) is 5.56 Å². The zero-order valence-corrected chi connectivity index (χ0v) is 20.0. The molecule has 10 heteroatoms. The first-order chi connectivity index (χ1) is 17.8. The molecule has 0 aliphatic carbocycles. The summed E-state index contributed by atoms with van der Waals surface area (Å²) in [6.07, 6.45) is 4.17. The fraction of sp³-hybridized carbons (Fsp3) is 0.148. The van der Waals surface area contributed by atoms with Crippen LogP contribution in [0.4, 0.5) is 14.5 Å². The normalized spacial score (nSPS) is 11.7. The number of nitrogens with zero attached hydrogens (tertiary/aromatic N) is 3. The van der Waals surface area contributed by atoms with E-state index in [0.717, 1.165) is 0 Å². The molecule has 0 aliphatic heterocycles. The van der Waals surface area contributed by atoms with Crippen molar-refractivity contribution in [1.82, 2.24) is 19.9 Å². The lowest BCUT2D eigenvalue weighted by Gasteiger charge is -2.17. The Balaban J connectivity index is 1.75. The minimum atomic E-state index is -0.717. The van der Waals surface area contributed by atoms with Crippen LogP contribution in [0.25, 0.3) is 11.3 Å². The van der Waals surface area contributed by atoms with Gasteiger partial charge in [-0.2, -0.15) is 4.39 Å². The van der Waals surface area contributed by atoms with Crippen LogP contribution in [0, 0.1) is 11.8 Å². The number of pyridine rings is 3. The lowest BCUT2D eigenvalue weighted by molar-refractivity contribution is -0.117. The standard InChI is InChI=1S/C27H23F2N5O3/c1-16(30-2)26(36)33-22-7-8-23(19-9-10-32-24(29)12-19)34(27(22)37)15-17-11-20(14-31-13-17)25(35)18-3-5-21(28)6-4-18/h3-14,16,30H,15H2,1-2H3,(H,33,36)/t16-/m1/s1. The number of benzene rings is 1. The van der Waals surface area contributed by atoms with E-state index in [2.05, 4.69) is 20.6 Å². The fourth-order valence-electron chi connectivity index (χ4n) is 3.67. The molecular formula is C27H23F2N5O3. The number of rotatable bonds is 8. The van der Waals surface area contributed by atoms with Gasteiger partial charge >= 0.3 is 0 Å². The average molecular weight is 504 g/mol. The molecule has 1 aromatic carbocycles. The highest BCUT2D eigenvalue weighted by molar-refractivity contribution is 6.08. The van der Waals surface area contributed by atoms with Crippen molar-refractivity contribution in [3.63, 3.8) is 0 Å². The summed E-state index contributed by atoms with van der Waals surface area (Å²) in [7, 11) is 1.62. The van der Waals surface area contributed by atoms with Gasteiger partial charge in [0, 0.05) is 41.3 Å². The quantitative estimate of drug-likeness (QED) is 0.282. The molecule has 2 N–H and O–H groups in total. The molecule has 0 saturated carbocycles. The van der Waals surface area contributed by atoms with E-state index in [0.29, 0.717) is 16.8 Å². The number of hydrogen-bond acceptors (Lipinski definition) is 6. The van der Waals surface area contributed by atoms with Crippen LogP contribution >= 0.6 is 0 Å². The summed E-state index contributed by atoms with van der Waals surface area (Å²) in [5.74, 6) is -1.94. The Kier molecular flexibility index (Phi) is 7.59. The van der Waals surface area contributed by atoms with Crippen molar-refractivity contribution in [3.8, 4) is 11.3 Å². The minimum absolute atomic E-state index is 0.0268. The molecule has 0 bridgehead atoms. The van der Waals surface area contributed by atoms with Crippen molar-refractivity contribution >= 4 is 17.4 Å². The van der Waals surface area contributed by atoms with Crippen LogP contribution in [-0.4, -0.2) is 39.3 Å². The van der Waals surface area contributed by atoms with Crippen LogP contribution in [-0.2, 0) is 11.3 Å². The number of hydrogen-bond donors (Lipinski definition) is 2. The molecular weight excluding hydrogens is 480 g/mol. The second-order valence-electron chi connectivity index (χ2n) is 8.31. The van der Waals surface area contributed by atoms with E-state index in [-0.39, 0.29) is 29.1 Å². The zero-order chi connectivity index (χ0) is 26.5. The van der Waals surface area contributed by atoms with Crippen molar-refractivity contribution in [2.45, 2.75) is 19.5 Å². The number of carbonyl (C=O) groups is 2. The largest absolute Gasteiger partial charge is 0.320 e. The molecule has 0 aliphatic rings. The second-order valence-corrected chi connectivity index (χ2v) is 8.31. The van der Waals surface area contributed by atoms with E-state index in [9.17, 15) is 23.2 Å². The maximum atomic E-state index is 13.9. The molecule has 0 fully saturated rings. The van der Waals surface area contributed by atoms with Crippen molar-refractivity contribution in [1.29, 1.82) is 0 Å². The number of ketones is 1. The zero-order valence-electron chi connectivity index (χ0n) is 20.0. The topological polar surface area (TPSA) is 106 Å². The van der Waals surface area contributed by atoms with E-state index in [1.807, 2.05) is 0 Å². The van der Waals surface area contributed by atoms with E-state index in [1.165, 1.54) is 59.6 Å². The van der Waals surface area contributed by atoms with Gasteiger partial charge < -0.3 is 15.2 Å². The third-order valence-corrected chi connectivity index (χ3v) is 5.78. The molecule has 4 rings (SSSR count). The highest BCUT2D eigenvalue weighted by Crippen LogP contribution is 2.21. The fourth-order valence-corrected chi connectivity index (χ4v) is 3.67. The van der Waals surface area contributed by atoms with Crippen LogP contribution in [0.2, 0.25) is 0 Å². The summed E-state index contributed by atoms with van der Waals surface area (Å²) in [6.45, 7) is 1.62. The van der Waals surface area contributed by atoms with Gasteiger partial charge in [0.15, 0.2) is 5.78 Å². The van der Waals surface area contributed by atoms with Crippen molar-refractivity contribution in [2.24, 2.45) is 0 Å². The molecule has 8 nitrogen and oxygen atoms in total. The highest BCUT2D eigenvalue weighted by Gasteiger charge is 2.17. The number of nitrogens with one attached hydrogen (secondary N) is 2. The SMILES string of the molecule is CN[C@H](C)C(=O)Nc1ccc(-c2ccnc(F)c2)n(Cc2cncc(C(=O)c3ccc(F)cc3)c2)c1=O. The number of amides is 1. The predicted molar refractivity (Wildman–Crippen MR) is 134 cm³/mol. The Bertz CT molecular complexity index is 1520. The Labute approximate surface area is 211 Å². The van der Waals surface area contributed by atoms with Crippen LogP contribution in [0.3, 0.4) is 0 Å². The Morgan fingerprint density at radius 3 is 2.46 bits per heavy atom. The molecule has 1 atom stereocenters. The maximum absolute atomic E-state index is 13.9. The molecule has 4 aromatic rings. The van der Waals surface area contributed by atoms with Crippen molar-refractivity contribution in [3.05, 3.63) is 112 Å². The Morgan fingerprint density at radius 1 is 1.00 bits per heavy atom. The third-order valence-electron chi connectivity index (χ3n) is 5.78. The van der Waals surface area contributed by atoms with Gasteiger partial charge in [-0.1, -0.05) is 0 Å². The number of likely N-dealkylation sites (N-methyl/N-ethyl adjacent to an activating group) is 1. The summed E-state index contributed by atoms with van der Waals surface area (Å²) in [5.41, 5.74) is 1.34. The molecule has 188 valence electrons. The number of aromatic nitrogens is 3. The average Bonchev–Trinajstić information content (AvgIpc) is 2.90. The molecule has 0 saturated heterocycles. The van der Waals surface area contributed by atoms with Crippen LogP contribution in [0.15, 0.2) is 78.0 Å². The summed E-state index contributed by atoms with van der Waals surface area (Å²) in [4.78, 5) is 46.4. The van der Waals surface area contributed by atoms with Gasteiger partial charge in [-0.25, -0.2) is 9.37 Å². The first-order valence-corrected chi connectivity index (χ1v) is 11.3. The summed E-state index contributed by atoms with van der Waals surface area (Å²) >= 11 is 0. The smallest absolute Gasteiger partial charge is 0.275 e. The van der Waals surface area contributed by atoms with Gasteiger partial charge in [-0.3, -0.25) is 19.4 Å². The molecule has 1 amide bonds. The number of halogens is 2. The Hall–Kier alpha value is -4.57. The van der Waals surface area contributed by atoms with E-state index < -0.39 is 29.3 Å². The van der Waals surface area contributed by atoms with E-state index in [4.69, 9.17) is 0 Å². The van der Waals surface area contributed by atoms with Crippen LogP contribution in [0.1, 0.15) is 28.4 Å². The van der Waals surface area contributed by atoms with Crippen molar-refractivity contribution < 1.29 is 18.4 Å². The molecule has 0 radical (unpaired) electrons. The second kappa shape index (κ2) is 11.0. The van der Waals surface area contributed by atoms with Gasteiger partial charge in [0.2, 0.25) is 11.9 Å². The summed E-state index contributed by atoms with van der Waals surface area (Å²) in [6, 6.07) is 12.0. The predicted octanol–water partition coefficient (Wildman–Crippen LogP) is 3.41. The first-order valence-electron chi connectivity index (χ1n) is 11.3.